The molecule has 0 aliphatic carbocycles. The number of hydrogen-bond acceptors (Lipinski definition) is 5. The standard InChI is InChI=1S/C23H20N2O4/c1-27-15-17-13-16(10-11-20(17)28-2)14-19-22(21-9-6-12-29-21)24-25(23(19)26)18-7-4-3-5-8-18/h3-14H,15H2,1-2H3. The Kier molecular flexibility index (Phi) is 5.27. The first-order chi connectivity index (χ1) is 14.2. The van der Waals surface area contributed by atoms with Crippen LogP contribution < -0.4 is 9.75 Å². The molecule has 29 heavy (non-hydrogen) atoms. The van der Waals surface area contributed by atoms with Crippen molar-refractivity contribution in [2.75, 3.05) is 19.2 Å². The molecule has 0 fully saturated rings. The molecule has 0 saturated heterocycles. The van der Waals surface area contributed by atoms with Crippen molar-refractivity contribution in [3.8, 4) is 5.75 Å². The summed E-state index contributed by atoms with van der Waals surface area (Å²) in [4.78, 5) is 13.2. The maximum Gasteiger partial charge on any atom is 0.281 e. The Morgan fingerprint density at radius 2 is 1.90 bits per heavy atom. The Labute approximate surface area is 168 Å². The van der Waals surface area contributed by atoms with Crippen LogP contribution in [0, 0.1) is 0 Å². The van der Waals surface area contributed by atoms with Crippen LogP contribution in [0.5, 0.6) is 5.75 Å². The second kappa shape index (κ2) is 8.16. The quantitative estimate of drug-likeness (QED) is 0.592. The maximum atomic E-state index is 13.2. The fourth-order valence-electron chi connectivity index (χ4n) is 3.21. The van der Waals surface area contributed by atoms with Crippen LogP contribution in [0.2, 0.25) is 0 Å². The van der Waals surface area contributed by atoms with Crippen LogP contribution in [0.15, 0.2) is 82.0 Å². The third-order valence-corrected chi connectivity index (χ3v) is 4.55. The molecule has 2 aromatic carbocycles. The van der Waals surface area contributed by atoms with E-state index in [-0.39, 0.29) is 5.91 Å². The van der Waals surface area contributed by atoms with Crippen LogP contribution in [0.1, 0.15) is 16.9 Å². The van der Waals surface area contributed by atoms with E-state index in [1.165, 1.54) is 5.01 Å². The minimum atomic E-state index is -0.216. The number of ether oxygens (including phenoxy) is 2. The molecule has 0 saturated carbocycles. The summed E-state index contributed by atoms with van der Waals surface area (Å²) < 4.78 is 16.2. The number of benzene rings is 2. The topological polar surface area (TPSA) is 64.3 Å². The van der Waals surface area contributed by atoms with Crippen molar-refractivity contribution in [3.63, 3.8) is 0 Å². The van der Waals surface area contributed by atoms with Gasteiger partial charge in [-0.15, -0.1) is 0 Å². The summed E-state index contributed by atoms with van der Waals surface area (Å²) in [7, 11) is 3.25. The van der Waals surface area contributed by atoms with Crippen molar-refractivity contribution in [2.45, 2.75) is 6.61 Å². The predicted molar refractivity (Wildman–Crippen MR) is 111 cm³/mol. The Hall–Kier alpha value is -3.64. The molecule has 0 radical (unpaired) electrons. The largest absolute Gasteiger partial charge is 0.496 e. The minimum absolute atomic E-state index is 0.216. The van der Waals surface area contributed by atoms with Gasteiger partial charge in [0.2, 0.25) is 0 Å². The Bertz CT molecular complexity index is 1070. The van der Waals surface area contributed by atoms with Crippen molar-refractivity contribution in [1.29, 1.82) is 0 Å². The van der Waals surface area contributed by atoms with E-state index in [4.69, 9.17) is 13.9 Å². The third kappa shape index (κ3) is 3.70. The lowest BCUT2D eigenvalue weighted by molar-refractivity contribution is -0.114. The van der Waals surface area contributed by atoms with Gasteiger partial charge in [-0.25, -0.2) is 0 Å². The van der Waals surface area contributed by atoms with Gasteiger partial charge in [-0.05, 0) is 48.0 Å². The predicted octanol–water partition coefficient (Wildman–Crippen LogP) is 4.27. The molecule has 0 unspecified atom stereocenters. The maximum absolute atomic E-state index is 13.2. The monoisotopic (exact) mass is 388 g/mol. The van der Waals surface area contributed by atoms with Crippen LogP contribution >= 0.6 is 0 Å². The Balaban J connectivity index is 1.78. The first-order valence-corrected chi connectivity index (χ1v) is 9.11. The highest BCUT2D eigenvalue weighted by atomic mass is 16.5. The van der Waals surface area contributed by atoms with E-state index < -0.39 is 0 Å². The Morgan fingerprint density at radius 1 is 1.07 bits per heavy atom. The molecular weight excluding hydrogens is 368 g/mol. The number of carbonyl (C=O) groups excluding carboxylic acids is 1. The number of hydrazone groups is 1. The number of amides is 1. The lowest BCUT2D eigenvalue weighted by Crippen LogP contribution is -2.21. The number of hydrogen-bond donors (Lipinski definition) is 0. The Morgan fingerprint density at radius 3 is 2.59 bits per heavy atom. The van der Waals surface area contributed by atoms with Crippen molar-refractivity contribution in [1.82, 2.24) is 0 Å². The van der Waals surface area contributed by atoms with Gasteiger partial charge in [-0.1, -0.05) is 24.3 Å². The number of nitrogens with zero attached hydrogens (tertiary/aromatic N) is 2. The normalized spacial score (nSPS) is 15.1. The van der Waals surface area contributed by atoms with Gasteiger partial charge in [0.1, 0.15) is 11.5 Å². The van der Waals surface area contributed by atoms with Crippen LogP contribution in [0.25, 0.3) is 6.08 Å². The molecule has 0 N–H and O–H groups in total. The highest BCUT2D eigenvalue weighted by Crippen LogP contribution is 2.29. The molecule has 1 amide bonds. The van der Waals surface area contributed by atoms with Crippen molar-refractivity contribution in [2.24, 2.45) is 5.10 Å². The lowest BCUT2D eigenvalue weighted by Gasteiger charge is -2.11. The molecule has 4 rings (SSSR count). The van der Waals surface area contributed by atoms with Gasteiger partial charge in [0, 0.05) is 12.7 Å². The molecule has 0 atom stereocenters. The third-order valence-electron chi connectivity index (χ3n) is 4.55. The number of anilines is 1. The zero-order chi connectivity index (χ0) is 20.2. The molecule has 1 aliphatic rings. The average molecular weight is 388 g/mol. The summed E-state index contributed by atoms with van der Waals surface area (Å²) in [5, 5.41) is 5.93. The number of para-hydroxylation sites is 1. The number of carbonyl (C=O) groups is 1. The van der Waals surface area contributed by atoms with E-state index in [2.05, 4.69) is 5.10 Å². The highest BCUT2D eigenvalue weighted by molar-refractivity contribution is 6.36. The molecule has 1 aliphatic heterocycles. The number of rotatable bonds is 6. The minimum Gasteiger partial charge on any atom is -0.496 e. The van der Waals surface area contributed by atoms with Crippen LogP contribution in [-0.2, 0) is 16.1 Å². The van der Waals surface area contributed by atoms with Gasteiger partial charge in [-0.3, -0.25) is 4.79 Å². The van der Waals surface area contributed by atoms with Crippen LogP contribution in [-0.4, -0.2) is 25.8 Å². The fourth-order valence-corrected chi connectivity index (χ4v) is 3.21. The molecule has 0 bridgehead atoms. The molecule has 3 aromatic rings. The molecule has 1 aromatic heterocycles. The zero-order valence-corrected chi connectivity index (χ0v) is 16.2. The SMILES string of the molecule is COCc1cc(C=C2C(=O)N(c3ccccc3)N=C2c2ccco2)ccc1OC. The van der Waals surface area contributed by atoms with Crippen molar-refractivity contribution >= 4 is 23.4 Å². The van der Waals surface area contributed by atoms with E-state index >= 15 is 0 Å². The van der Waals surface area contributed by atoms with Gasteiger partial charge in [0.05, 0.1) is 31.2 Å². The van der Waals surface area contributed by atoms with E-state index in [9.17, 15) is 4.79 Å². The first-order valence-electron chi connectivity index (χ1n) is 9.11. The summed E-state index contributed by atoms with van der Waals surface area (Å²) in [5.74, 6) is 1.05. The summed E-state index contributed by atoms with van der Waals surface area (Å²) in [6.07, 6.45) is 3.38. The van der Waals surface area contributed by atoms with Crippen LogP contribution in [0.3, 0.4) is 0 Å². The van der Waals surface area contributed by atoms with E-state index in [1.54, 1.807) is 32.6 Å². The van der Waals surface area contributed by atoms with E-state index in [1.807, 2.05) is 54.6 Å². The lowest BCUT2D eigenvalue weighted by atomic mass is 10.0. The van der Waals surface area contributed by atoms with Gasteiger partial charge < -0.3 is 13.9 Å². The zero-order valence-electron chi connectivity index (χ0n) is 16.2. The van der Waals surface area contributed by atoms with Gasteiger partial charge in [0.25, 0.3) is 5.91 Å². The van der Waals surface area contributed by atoms with Crippen LogP contribution in [0.4, 0.5) is 5.69 Å². The number of methoxy groups -OCH3 is 2. The number of furan rings is 1. The smallest absolute Gasteiger partial charge is 0.281 e. The van der Waals surface area contributed by atoms with Crippen molar-refractivity contribution < 1.29 is 18.7 Å². The van der Waals surface area contributed by atoms with Gasteiger partial charge >= 0.3 is 0 Å². The average Bonchev–Trinajstić information content (AvgIpc) is 3.38. The first kappa shape index (κ1) is 18.7. The summed E-state index contributed by atoms with van der Waals surface area (Å²) in [6.45, 7) is 0.406. The second-order valence-electron chi connectivity index (χ2n) is 6.44. The summed E-state index contributed by atoms with van der Waals surface area (Å²) in [5.41, 5.74) is 3.38. The fraction of sp³-hybridized carbons (Fsp3) is 0.130. The second-order valence-corrected chi connectivity index (χ2v) is 6.44. The van der Waals surface area contributed by atoms with Crippen molar-refractivity contribution in [3.05, 3.63) is 89.4 Å². The van der Waals surface area contributed by atoms with Gasteiger partial charge in [0.15, 0.2) is 5.76 Å². The summed E-state index contributed by atoms with van der Waals surface area (Å²) >= 11 is 0. The molecule has 0 spiro atoms. The molecule has 6 heteroatoms. The molecule has 146 valence electrons. The van der Waals surface area contributed by atoms with Gasteiger partial charge in [-0.2, -0.15) is 10.1 Å². The van der Waals surface area contributed by atoms with E-state index in [0.717, 1.165) is 16.9 Å². The molecule has 6 nitrogen and oxygen atoms in total. The molecule has 2 heterocycles. The molecular formula is C23H20N2O4. The summed E-state index contributed by atoms with van der Waals surface area (Å²) in [6, 6.07) is 18.6. The van der Waals surface area contributed by atoms with E-state index in [0.29, 0.717) is 29.3 Å². The highest BCUT2D eigenvalue weighted by Gasteiger charge is 2.33.